The number of benzene rings is 2. The lowest BCUT2D eigenvalue weighted by Crippen LogP contribution is -2.26. The fraction of sp³-hybridized carbons (Fsp3) is 0.300. The molecule has 0 bridgehead atoms. The normalized spacial score (nSPS) is 10.2. The van der Waals surface area contributed by atoms with Crippen molar-refractivity contribution in [2.24, 2.45) is 0 Å². The van der Waals surface area contributed by atoms with Crippen molar-refractivity contribution in [3.8, 4) is 5.75 Å². The van der Waals surface area contributed by atoms with Gasteiger partial charge in [0, 0.05) is 11.4 Å². The lowest BCUT2D eigenvalue weighted by atomic mass is 10.1. The van der Waals surface area contributed by atoms with Crippen LogP contribution in [0.5, 0.6) is 5.75 Å². The molecular formula is C20H24N2O3S. The van der Waals surface area contributed by atoms with Gasteiger partial charge in [-0.3, -0.25) is 9.59 Å². The van der Waals surface area contributed by atoms with Crippen LogP contribution in [0.15, 0.2) is 53.4 Å². The Morgan fingerprint density at radius 1 is 1.08 bits per heavy atom. The molecule has 2 aromatic rings. The molecule has 2 aromatic carbocycles. The highest BCUT2D eigenvalue weighted by Gasteiger charge is 2.12. The number of amides is 2. The lowest BCUT2D eigenvalue weighted by Gasteiger charge is -2.11. The van der Waals surface area contributed by atoms with Crippen molar-refractivity contribution < 1.29 is 14.3 Å². The summed E-state index contributed by atoms with van der Waals surface area (Å²) in [5.41, 5.74) is 1.01. The first-order valence-corrected chi connectivity index (χ1v) is 9.56. The summed E-state index contributed by atoms with van der Waals surface area (Å²) in [6, 6.07) is 14.6. The molecule has 2 rings (SSSR count). The van der Waals surface area contributed by atoms with E-state index in [4.69, 9.17) is 4.74 Å². The third-order valence-electron chi connectivity index (χ3n) is 3.69. The van der Waals surface area contributed by atoms with Crippen LogP contribution in [0.4, 0.5) is 5.69 Å². The Bertz CT molecular complexity index is 732. The number of ether oxygens (including phenoxy) is 1. The summed E-state index contributed by atoms with van der Waals surface area (Å²) < 4.78 is 5.12. The molecule has 0 radical (unpaired) electrons. The molecule has 0 saturated carbocycles. The molecule has 0 heterocycles. The van der Waals surface area contributed by atoms with Gasteiger partial charge in [0.25, 0.3) is 5.91 Å². The summed E-state index contributed by atoms with van der Waals surface area (Å²) in [5, 5.41) is 5.70. The van der Waals surface area contributed by atoms with Gasteiger partial charge < -0.3 is 15.4 Å². The van der Waals surface area contributed by atoms with E-state index in [1.807, 2.05) is 24.3 Å². The Morgan fingerprint density at radius 2 is 1.81 bits per heavy atom. The van der Waals surface area contributed by atoms with Crippen LogP contribution in [0.2, 0.25) is 0 Å². The average molecular weight is 372 g/mol. The number of nitrogens with one attached hydrogen (secondary N) is 2. The van der Waals surface area contributed by atoms with E-state index >= 15 is 0 Å². The Hall–Kier alpha value is -2.47. The average Bonchev–Trinajstić information content (AvgIpc) is 2.67. The summed E-state index contributed by atoms with van der Waals surface area (Å²) >= 11 is 1.43. The van der Waals surface area contributed by atoms with E-state index in [2.05, 4.69) is 17.6 Å². The zero-order valence-corrected chi connectivity index (χ0v) is 15.9. The molecule has 26 heavy (non-hydrogen) atoms. The van der Waals surface area contributed by atoms with Crippen molar-refractivity contribution in [3.63, 3.8) is 0 Å². The van der Waals surface area contributed by atoms with Crippen LogP contribution < -0.4 is 15.4 Å². The number of anilines is 1. The zero-order chi connectivity index (χ0) is 18.8. The monoisotopic (exact) mass is 372 g/mol. The number of rotatable bonds is 9. The van der Waals surface area contributed by atoms with Crippen LogP contribution in [0.1, 0.15) is 30.1 Å². The minimum Gasteiger partial charge on any atom is -0.497 e. The van der Waals surface area contributed by atoms with Crippen molar-refractivity contribution in [1.29, 1.82) is 0 Å². The van der Waals surface area contributed by atoms with Crippen molar-refractivity contribution in [2.45, 2.75) is 24.7 Å². The molecule has 2 N–H and O–H groups in total. The molecule has 0 unspecified atom stereocenters. The van der Waals surface area contributed by atoms with Gasteiger partial charge in [0.2, 0.25) is 5.91 Å². The standard InChI is InChI=1S/C20H24N2O3S/c1-3-4-13-21-20(24)17-7-5-6-8-18(17)22-19(23)14-26-16-11-9-15(25-2)10-12-16/h5-12H,3-4,13-14H2,1-2H3,(H,21,24)(H,22,23). The number of hydrogen-bond acceptors (Lipinski definition) is 4. The SMILES string of the molecule is CCCCNC(=O)c1ccccc1NC(=O)CSc1ccc(OC)cc1. The van der Waals surface area contributed by atoms with Crippen LogP contribution in [0.3, 0.4) is 0 Å². The van der Waals surface area contributed by atoms with Crippen LogP contribution >= 0.6 is 11.8 Å². The second-order valence-corrected chi connectivity index (χ2v) is 6.72. The predicted molar refractivity (Wildman–Crippen MR) is 106 cm³/mol. The Kier molecular flexibility index (Phi) is 8.02. The van der Waals surface area contributed by atoms with Gasteiger partial charge in [0.1, 0.15) is 5.75 Å². The molecule has 6 heteroatoms. The molecule has 0 saturated heterocycles. The number of thioether (sulfide) groups is 1. The van der Waals surface area contributed by atoms with Gasteiger partial charge in [0.05, 0.1) is 24.1 Å². The largest absolute Gasteiger partial charge is 0.497 e. The molecule has 0 fully saturated rings. The lowest BCUT2D eigenvalue weighted by molar-refractivity contribution is -0.113. The quantitative estimate of drug-likeness (QED) is 0.516. The molecule has 138 valence electrons. The van der Waals surface area contributed by atoms with Gasteiger partial charge in [-0.1, -0.05) is 25.5 Å². The van der Waals surface area contributed by atoms with E-state index in [0.717, 1.165) is 23.5 Å². The summed E-state index contributed by atoms with van der Waals surface area (Å²) in [6.45, 7) is 2.70. The molecule has 0 aliphatic rings. The summed E-state index contributed by atoms with van der Waals surface area (Å²) in [7, 11) is 1.62. The molecule has 0 spiro atoms. The first kappa shape index (κ1) is 19.8. The van der Waals surface area contributed by atoms with E-state index in [9.17, 15) is 9.59 Å². The number of carbonyl (C=O) groups excluding carboxylic acids is 2. The van der Waals surface area contributed by atoms with E-state index in [1.165, 1.54) is 11.8 Å². The minimum atomic E-state index is -0.169. The van der Waals surface area contributed by atoms with Gasteiger partial charge in [-0.25, -0.2) is 0 Å². The van der Waals surface area contributed by atoms with E-state index in [-0.39, 0.29) is 17.6 Å². The molecule has 2 amide bonds. The molecule has 0 aliphatic heterocycles. The molecular weight excluding hydrogens is 348 g/mol. The minimum absolute atomic E-state index is 0.153. The number of carbonyl (C=O) groups is 2. The Balaban J connectivity index is 1.92. The molecule has 5 nitrogen and oxygen atoms in total. The summed E-state index contributed by atoms with van der Waals surface area (Å²) in [5.74, 6) is 0.719. The van der Waals surface area contributed by atoms with Crippen LogP contribution in [-0.2, 0) is 4.79 Å². The molecule has 0 aromatic heterocycles. The summed E-state index contributed by atoms with van der Waals surface area (Å²) in [4.78, 5) is 25.5. The first-order chi connectivity index (χ1) is 12.6. The predicted octanol–water partition coefficient (Wildman–Crippen LogP) is 3.96. The van der Waals surface area contributed by atoms with Crippen molar-refractivity contribution in [2.75, 3.05) is 24.7 Å². The number of methoxy groups -OCH3 is 1. The van der Waals surface area contributed by atoms with E-state index in [0.29, 0.717) is 17.8 Å². The highest BCUT2D eigenvalue weighted by molar-refractivity contribution is 8.00. The second-order valence-electron chi connectivity index (χ2n) is 5.67. The first-order valence-electron chi connectivity index (χ1n) is 8.58. The topological polar surface area (TPSA) is 67.4 Å². The molecule has 0 aliphatic carbocycles. The third-order valence-corrected chi connectivity index (χ3v) is 4.70. The second kappa shape index (κ2) is 10.5. The van der Waals surface area contributed by atoms with Crippen molar-refractivity contribution in [1.82, 2.24) is 5.32 Å². The van der Waals surface area contributed by atoms with Gasteiger partial charge >= 0.3 is 0 Å². The highest BCUT2D eigenvalue weighted by Crippen LogP contribution is 2.22. The van der Waals surface area contributed by atoms with E-state index in [1.54, 1.807) is 31.4 Å². The maximum Gasteiger partial charge on any atom is 0.253 e. The maximum atomic E-state index is 12.3. The van der Waals surface area contributed by atoms with Gasteiger partial charge in [0.15, 0.2) is 0 Å². The van der Waals surface area contributed by atoms with Crippen LogP contribution in [0.25, 0.3) is 0 Å². The third kappa shape index (κ3) is 6.11. The highest BCUT2D eigenvalue weighted by atomic mass is 32.2. The fourth-order valence-electron chi connectivity index (χ4n) is 2.27. The zero-order valence-electron chi connectivity index (χ0n) is 15.1. The number of para-hydroxylation sites is 1. The van der Waals surface area contributed by atoms with Crippen molar-refractivity contribution in [3.05, 3.63) is 54.1 Å². The molecule has 0 atom stereocenters. The Morgan fingerprint density at radius 3 is 2.50 bits per heavy atom. The Labute approximate surface area is 158 Å². The van der Waals surface area contributed by atoms with Crippen LogP contribution in [-0.4, -0.2) is 31.2 Å². The maximum absolute atomic E-state index is 12.3. The van der Waals surface area contributed by atoms with Gasteiger partial charge in [-0.2, -0.15) is 0 Å². The van der Waals surface area contributed by atoms with E-state index < -0.39 is 0 Å². The smallest absolute Gasteiger partial charge is 0.253 e. The van der Waals surface area contributed by atoms with Gasteiger partial charge in [-0.15, -0.1) is 11.8 Å². The van der Waals surface area contributed by atoms with Crippen LogP contribution in [0, 0.1) is 0 Å². The summed E-state index contributed by atoms with van der Waals surface area (Å²) in [6.07, 6.45) is 1.94. The number of unbranched alkanes of at least 4 members (excludes halogenated alkanes) is 1. The number of hydrogen-bond donors (Lipinski definition) is 2. The fourth-order valence-corrected chi connectivity index (χ4v) is 2.97. The van der Waals surface area contributed by atoms with Gasteiger partial charge in [-0.05, 0) is 42.8 Å². The van der Waals surface area contributed by atoms with Crippen molar-refractivity contribution >= 4 is 29.3 Å².